The quantitative estimate of drug-likeness (QED) is 0.373. The van der Waals surface area contributed by atoms with Gasteiger partial charge in [0.1, 0.15) is 0 Å². The normalized spacial score (nSPS) is 10.1. The van der Waals surface area contributed by atoms with Gasteiger partial charge in [0.25, 0.3) is 5.91 Å². The number of carbonyl (C=O) groups excluding carboxylic acids is 3. The summed E-state index contributed by atoms with van der Waals surface area (Å²) in [4.78, 5) is 34.9. The van der Waals surface area contributed by atoms with Crippen LogP contribution in [0.1, 0.15) is 36.5 Å². The van der Waals surface area contributed by atoms with Crippen LogP contribution in [0.2, 0.25) is 0 Å². The number of ether oxygens (including phenoxy) is 1. The molecule has 23 heavy (non-hydrogen) atoms. The Bertz CT molecular complexity index is 529. The van der Waals surface area contributed by atoms with E-state index in [0.717, 1.165) is 12.8 Å². The van der Waals surface area contributed by atoms with Crippen LogP contribution in [0.15, 0.2) is 24.3 Å². The molecule has 1 aromatic carbocycles. The molecule has 0 heterocycles. The highest BCUT2D eigenvalue weighted by Gasteiger charge is 2.17. The summed E-state index contributed by atoms with van der Waals surface area (Å²) >= 11 is 0. The number of carbonyl (C=O) groups is 3. The summed E-state index contributed by atoms with van der Waals surface area (Å²) in [6.07, 6.45) is 2.68. The predicted octanol–water partition coefficient (Wildman–Crippen LogP) is 0.848. The minimum atomic E-state index is -0.987. The van der Waals surface area contributed by atoms with Gasteiger partial charge in [0.15, 0.2) is 0 Å². The van der Waals surface area contributed by atoms with Crippen LogP contribution in [-0.2, 0) is 14.3 Å². The Morgan fingerprint density at radius 2 is 1.70 bits per heavy atom. The van der Waals surface area contributed by atoms with Crippen molar-refractivity contribution >= 4 is 23.4 Å². The van der Waals surface area contributed by atoms with Gasteiger partial charge in [-0.15, -0.1) is 0 Å². The molecule has 0 radical (unpaired) electrons. The van der Waals surface area contributed by atoms with Crippen molar-refractivity contribution in [3.63, 3.8) is 0 Å². The largest absolute Gasteiger partial charge is 0.399 e. The van der Waals surface area contributed by atoms with E-state index in [1.54, 1.807) is 0 Å². The SMILES string of the molecule is CCCCOCCCNC(=O)C(=O)NC(=O)c1ccc(N)cc1. The van der Waals surface area contributed by atoms with Gasteiger partial charge in [0, 0.05) is 31.0 Å². The fourth-order valence-corrected chi connectivity index (χ4v) is 1.67. The average Bonchev–Trinajstić information content (AvgIpc) is 2.54. The number of anilines is 1. The number of benzene rings is 1. The van der Waals surface area contributed by atoms with Crippen LogP contribution in [-0.4, -0.2) is 37.5 Å². The van der Waals surface area contributed by atoms with Crippen molar-refractivity contribution in [2.45, 2.75) is 26.2 Å². The number of amides is 3. The number of hydrogen-bond donors (Lipinski definition) is 3. The fraction of sp³-hybridized carbons (Fsp3) is 0.438. The lowest BCUT2D eigenvalue weighted by atomic mass is 10.2. The van der Waals surface area contributed by atoms with E-state index in [4.69, 9.17) is 10.5 Å². The molecule has 7 nitrogen and oxygen atoms in total. The number of nitrogens with two attached hydrogens (primary N) is 1. The van der Waals surface area contributed by atoms with Gasteiger partial charge < -0.3 is 15.8 Å². The second-order valence-corrected chi connectivity index (χ2v) is 4.98. The van der Waals surface area contributed by atoms with E-state index in [-0.39, 0.29) is 5.56 Å². The average molecular weight is 321 g/mol. The molecule has 7 heteroatoms. The minimum Gasteiger partial charge on any atom is -0.399 e. The van der Waals surface area contributed by atoms with E-state index in [1.165, 1.54) is 24.3 Å². The molecule has 1 rings (SSSR count). The topological polar surface area (TPSA) is 111 Å². The third kappa shape index (κ3) is 7.42. The van der Waals surface area contributed by atoms with Gasteiger partial charge in [0.2, 0.25) is 0 Å². The smallest absolute Gasteiger partial charge is 0.316 e. The Hall–Kier alpha value is -2.41. The van der Waals surface area contributed by atoms with Gasteiger partial charge in [-0.05, 0) is 37.1 Å². The Kier molecular flexibility index (Phi) is 8.38. The summed E-state index contributed by atoms with van der Waals surface area (Å²) in [6.45, 7) is 3.61. The van der Waals surface area contributed by atoms with Crippen LogP contribution >= 0.6 is 0 Å². The lowest BCUT2D eigenvalue weighted by Crippen LogP contribution is -2.43. The maximum atomic E-state index is 11.8. The van der Waals surface area contributed by atoms with Crippen LogP contribution < -0.4 is 16.4 Å². The Balaban J connectivity index is 2.24. The zero-order chi connectivity index (χ0) is 17.1. The van der Waals surface area contributed by atoms with Crippen molar-refractivity contribution in [1.29, 1.82) is 0 Å². The zero-order valence-electron chi connectivity index (χ0n) is 13.3. The van der Waals surface area contributed by atoms with Gasteiger partial charge >= 0.3 is 11.8 Å². The molecular formula is C16H23N3O4. The van der Waals surface area contributed by atoms with Gasteiger partial charge in [-0.25, -0.2) is 0 Å². The highest BCUT2D eigenvalue weighted by molar-refractivity contribution is 6.38. The van der Waals surface area contributed by atoms with E-state index in [9.17, 15) is 14.4 Å². The molecule has 3 amide bonds. The van der Waals surface area contributed by atoms with Crippen LogP contribution in [0.5, 0.6) is 0 Å². The zero-order valence-corrected chi connectivity index (χ0v) is 13.3. The summed E-state index contributed by atoms with van der Waals surface area (Å²) < 4.78 is 5.33. The molecule has 0 atom stereocenters. The lowest BCUT2D eigenvalue weighted by Gasteiger charge is -2.06. The number of imide groups is 1. The van der Waals surface area contributed by atoms with E-state index >= 15 is 0 Å². The molecule has 1 aromatic rings. The molecular weight excluding hydrogens is 298 g/mol. The van der Waals surface area contributed by atoms with E-state index < -0.39 is 17.7 Å². The molecule has 4 N–H and O–H groups in total. The molecule has 0 unspecified atom stereocenters. The van der Waals surface area contributed by atoms with Crippen molar-refractivity contribution in [2.24, 2.45) is 0 Å². The third-order valence-electron chi connectivity index (χ3n) is 3.00. The van der Waals surface area contributed by atoms with E-state index in [0.29, 0.717) is 31.9 Å². The summed E-state index contributed by atoms with van der Waals surface area (Å²) in [5.74, 6) is -2.48. The second-order valence-electron chi connectivity index (χ2n) is 4.98. The molecule has 0 fully saturated rings. The first kappa shape index (κ1) is 18.6. The monoisotopic (exact) mass is 321 g/mol. The van der Waals surface area contributed by atoms with Crippen LogP contribution in [0, 0.1) is 0 Å². The maximum absolute atomic E-state index is 11.8. The van der Waals surface area contributed by atoms with Gasteiger partial charge in [-0.2, -0.15) is 0 Å². The molecule has 0 aliphatic heterocycles. The Labute approximate surface area is 135 Å². The molecule has 0 bridgehead atoms. The third-order valence-corrected chi connectivity index (χ3v) is 3.00. The molecule has 0 spiro atoms. The Morgan fingerprint density at radius 1 is 1.04 bits per heavy atom. The number of nitrogen functional groups attached to an aromatic ring is 1. The van der Waals surface area contributed by atoms with E-state index in [1.807, 2.05) is 5.32 Å². The molecule has 0 aliphatic carbocycles. The van der Waals surface area contributed by atoms with Crippen LogP contribution in [0.25, 0.3) is 0 Å². The van der Waals surface area contributed by atoms with Crippen molar-refractivity contribution in [3.05, 3.63) is 29.8 Å². The van der Waals surface area contributed by atoms with Crippen molar-refractivity contribution in [3.8, 4) is 0 Å². The summed E-state index contributed by atoms with van der Waals surface area (Å²) in [6, 6.07) is 6.03. The molecule has 0 saturated heterocycles. The van der Waals surface area contributed by atoms with Crippen molar-refractivity contribution in [2.75, 3.05) is 25.5 Å². The first-order valence-electron chi connectivity index (χ1n) is 7.61. The molecule has 0 saturated carbocycles. The van der Waals surface area contributed by atoms with Gasteiger partial charge in [-0.3, -0.25) is 19.7 Å². The predicted molar refractivity (Wildman–Crippen MR) is 86.7 cm³/mol. The number of nitrogens with one attached hydrogen (secondary N) is 2. The van der Waals surface area contributed by atoms with Crippen molar-refractivity contribution < 1.29 is 19.1 Å². The molecule has 0 aromatic heterocycles. The van der Waals surface area contributed by atoms with Crippen LogP contribution in [0.3, 0.4) is 0 Å². The minimum absolute atomic E-state index is 0.254. The summed E-state index contributed by atoms with van der Waals surface area (Å²) in [5, 5.41) is 4.46. The number of rotatable bonds is 8. The fourth-order valence-electron chi connectivity index (χ4n) is 1.67. The highest BCUT2D eigenvalue weighted by Crippen LogP contribution is 2.04. The standard InChI is InChI=1S/C16H23N3O4/c1-2-3-10-23-11-4-9-18-15(21)16(22)19-14(20)12-5-7-13(17)8-6-12/h5-8H,2-4,9-11,17H2,1H3,(H,18,21)(H,19,20,22). The first-order chi connectivity index (χ1) is 11.0. The number of hydrogen-bond acceptors (Lipinski definition) is 5. The summed E-state index contributed by atoms with van der Waals surface area (Å²) in [5.41, 5.74) is 6.27. The van der Waals surface area contributed by atoms with Crippen LogP contribution in [0.4, 0.5) is 5.69 Å². The lowest BCUT2D eigenvalue weighted by molar-refractivity contribution is -0.138. The van der Waals surface area contributed by atoms with Crippen molar-refractivity contribution in [1.82, 2.24) is 10.6 Å². The second kappa shape index (κ2) is 10.3. The van der Waals surface area contributed by atoms with Gasteiger partial charge in [-0.1, -0.05) is 13.3 Å². The summed E-state index contributed by atoms with van der Waals surface area (Å²) in [7, 11) is 0. The van der Waals surface area contributed by atoms with Gasteiger partial charge in [0.05, 0.1) is 0 Å². The number of unbranched alkanes of at least 4 members (excludes halogenated alkanes) is 1. The first-order valence-corrected chi connectivity index (χ1v) is 7.61. The highest BCUT2D eigenvalue weighted by atomic mass is 16.5. The Morgan fingerprint density at radius 3 is 2.35 bits per heavy atom. The van der Waals surface area contributed by atoms with E-state index in [2.05, 4.69) is 12.2 Å². The molecule has 0 aliphatic rings. The molecule has 126 valence electrons. The maximum Gasteiger partial charge on any atom is 0.316 e.